The van der Waals surface area contributed by atoms with Gasteiger partial charge in [0, 0.05) is 93.2 Å². The van der Waals surface area contributed by atoms with Gasteiger partial charge in [-0.15, -0.1) is 5.10 Å². The van der Waals surface area contributed by atoms with Gasteiger partial charge in [0.25, 0.3) is 11.5 Å². The monoisotopic (exact) mass is 1570 g/mol. The summed E-state index contributed by atoms with van der Waals surface area (Å²) >= 11 is 0. The lowest BCUT2D eigenvalue weighted by atomic mass is 10.1. The van der Waals surface area contributed by atoms with Gasteiger partial charge in [-0.1, -0.05) is 5.21 Å². The number of aliphatic hydroxyl groups is 2. The second-order valence-electron chi connectivity index (χ2n) is 26.2. The van der Waals surface area contributed by atoms with E-state index in [0.29, 0.717) is 70.5 Å². The quantitative estimate of drug-likeness (QED) is 0.0168. The number of nitrogens with zero attached hydrogens (tertiary/aromatic N) is 9. The number of ether oxygens (including phenoxy) is 5. The van der Waals surface area contributed by atoms with Crippen molar-refractivity contribution in [2.75, 3.05) is 96.8 Å². The van der Waals surface area contributed by atoms with Crippen LogP contribution in [0.1, 0.15) is 98.9 Å². The molecular formula is C69H97N23O20. The highest BCUT2D eigenvalue weighted by atomic mass is 16.6. The van der Waals surface area contributed by atoms with E-state index in [9.17, 15) is 72.9 Å². The molecule has 7 heterocycles. The third-order valence-corrected chi connectivity index (χ3v) is 17.7. The number of nitrogens with two attached hydrogens (primary N) is 1. The summed E-state index contributed by atoms with van der Waals surface area (Å²) in [5.74, 6) is -10.6. The number of imidazole rings is 2. The van der Waals surface area contributed by atoms with E-state index in [1.54, 1.807) is 12.1 Å². The van der Waals surface area contributed by atoms with Crippen LogP contribution in [0.15, 0.2) is 66.5 Å². The predicted octanol–water partition coefficient (Wildman–Crippen LogP) is -5.18. The van der Waals surface area contributed by atoms with E-state index >= 15 is 0 Å². The number of carboxylic acid groups (broad SMARTS) is 1. The molecule has 1 saturated heterocycles. The largest absolute Gasteiger partial charge is 0.480 e. The number of hydrogen-bond acceptors (Lipinski definition) is 28. The van der Waals surface area contributed by atoms with E-state index in [4.69, 9.17) is 29.4 Å². The van der Waals surface area contributed by atoms with Crippen LogP contribution in [0, 0.1) is 0 Å². The van der Waals surface area contributed by atoms with Crippen molar-refractivity contribution in [3.8, 4) is 0 Å². The number of fused-ring (bicyclic) bond motifs is 3. The van der Waals surface area contributed by atoms with E-state index in [0.717, 1.165) is 0 Å². The minimum atomic E-state index is -1.85. The number of aryl methyl sites for hydroxylation is 1. The van der Waals surface area contributed by atoms with Crippen LogP contribution in [0.4, 0.5) is 11.6 Å². The molecule has 1 aromatic carbocycles. The Bertz CT molecular complexity index is 4150. The number of carboxylic acids is 1. The summed E-state index contributed by atoms with van der Waals surface area (Å²) in [6.45, 7) is 7.14. The van der Waals surface area contributed by atoms with E-state index in [2.05, 4.69) is 103 Å². The number of carbonyl (C=O) groups is 11. The van der Waals surface area contributed by atoms with Crippen molar-refractivity contribution in [3.63, 3.8) is 0 Å². The molecule has 10 amide bonds. The highest BCUT2D eigenvalue weighted by Gasteiger charge is 2.39. The van der Waals surface area contributed by atoms with Gasteiger partial charge in [0.15, 0.2) is 11.2 Å². The minimum absolute atomic E-state index is 0.0184. The fourth-order valence-electron chi connectivity index (χ4n) is 11.7. The first kappa shape index (κ1) is 86.1. The van der Waals surface area contributed by atoms with Crippen molar-refractivity contribution in [3.05, 3.63) is 100 Å². The number of carbonyl (C=O) groups excluding carboxylic acids is 10. The molecule has 10 atom stereocenters. The summed E-state index contributed by atoms with van der Waals surface area (Å²) in [6.07, 6.45) is 5.59. The highest BCUT2D eigenvalue weighted by Crippen LogP contribution is 2.21. The third kappa shape index (κ3) is 27.2. The lowest BCUT2D eigenvalue weighted by Gasteiger charge is -2.28. The standard InChI is InChI=1S/C69H97N23O20/c1-4-108-20-21-110-24-25-112-27-26-111-23-22-109-19-16-73-60(98)47-8-5-6-17-91-35-45(89-90-91)30-51(84-65(103)53-9-7-18-92(53)54(95)15-14-48(68(106)107)81-59(97)41-10-12-42(13-11-41)74-33-46-34-75-57-56(79-46)67(105)88-69(70)87-57)61(99)82-49(28-43-31-71-37-76-43)62(100)85-52(36-93)64(102)83-50(29-44-32-72-38-77-44)63(101)86-55(40(3)94)66(104)78-39(2)58(96)80-47/h10-13,31-32,34-35,37-40,47-53,55,74,93-94H,4-9,14-30,33,36H2,1-3H3,(H,71,76)(H,72,77)(H,73,98)(H,78,104)(H,80,96)(H,81,97)(H,82,99)(H,83,102)(H,84,103)(H,85,100)(H,86,101)(H,106,107)(H3,70,75,87,88,105)/t39-,40+,47+,48-,49-,50-,51+,52-,53-,55-/m1/s1. The Labute approximate surface area is 640 Å². The molecule has 0 unspecified atom stereocenters. The molecule has 6 aromatic rings. The van der Waals surface area contributed by atoms with Gasteiger partial charge in [0.1, 0.15) is 54.4 Å². The molecule has 1 fully saturated rings. The van der Waals surface area contributed by atoms with Gasteiger partial charge in [-0.2, -0.15) is 4.98 Å². The lowest BCUT2D eigenvalue weighted by Crippen LogP contribution is -2.62. The number of aromatic amines is 3. The van der Waals surface area contributed by atoms with E-state index in [1.807, 2.05) is 6.92 Å². The molecule has 0 radical (unpaired) electrons. The second-order valence-corrected chi connectivity index (χ2v) is 26.2. The number of aliphatic carboxylic acids is 1. The van der Waals surface area contributed by atoms with Crippen LogP contribution in [0.5, 0.6) is 0 Å². The fraction of sp³-hybridized carbons (Fsp3) is 0.551. The third-order valence-electron chi connectivity index (χ3n) is 17.7. The number of benzene rings is 1. The molecule has 18 N–H and O–H groups in total. The number of hydrogen-bond donors (Lipinski definition) is 17. The van der Waals surface area contributed by atoms with Crippen LogP contribution in [0.2, 0.25) is 0 Å². The Morgan fingerprint density at radius 3 is 1.95 bits per heavy atom. The van der Waals surface area contributed by atoms with Crippen molar-refractivity contribution in [1.29, 1.82) is 0 Å². The van der Waals surface area contributed by atoms with Crippen molar-refractivity contribution >= 4 is 87.8 Å². The van der Waals surface area contributed by atoms with Crippen LogP contribution in [0.25, 0.3) is 11.2 Å². The number of H-pyrrole nitrogens is 3. The van der Waals surface area contributed by atoms with Gasteiger partial charge in [-0.05, 0) is 83.6 Å². The van der Waals surface area contributed by atoms with Gasteiger partial charge < -0.3 is 113 Å². The molecule has 2 bridgehead atoms. The predicted molar refractivity (Wildman–Crippen MR) is 392 cm³/mol. The molecule has 5 aromatic heterocycles. The molecule has 43 nitrogen and oxygen atoms in total. The van der Waals surface area contributed by atoms with Crippen LogP contribution < -0.4 is 64.5 Å². The van der Waals surface area contributed by atoms with Crippen molar-refractivity contribution in [1.82, 2.24) is 108 Å². The van der Waals surface area contributed by atoms with Crippen LogP contribution in [-0.4, -0.2) is 286 Å². The van der Waals surface area contributed by atoms with Gasteiger partial charge in [-0.25, -0.2) is 24.7 Å². The summed E-state index contributed by atoms with van der Waals surface area (Å²) in [6, 6.07) is -7.89. The maximum absolute atomic E-state index is 14.9. The van der Waals surface area contributed by atoms with Gasteiger partial charge in [0.2, 0.25) is 59.1 Å². The number of aromatic nitrogens is 11. The summed E-state index contributed by atoms with van der Waals surface area (Å²) in [5.41, 5.74) is 6.77. The number of likely N-dealkylation sites (tertiary alicyclic amines) is 1. The molecule has 2 aliphatic rings. The summed E-state index contributed by atoms with van der Waals surface area (Å²) in [4.78, 5) is 197. The van der Waals surface area contributed by atoms with Gasteiger partial charge >= 0.3 is 5.97 Å². The molecule has 2 aliphatic heterocycles. The first-order chi connectivity index (χ1) is 54.0. The zero-order valence-corrected chi connectivity index (χ0v) is 62.1. The van der Waals surface area contributed by atoms with Gasteiger partial charge in [0.05, 0.1) is 109 Å². The molecule has 0 saturated carbocycles. The number of nitrogen functional groups attached to an aromatic ring is 1. The summed E-state index contributed by atoms with van der Waals surface area (Å²) < 4.78 is 28.8. The average molecular weight is 1570 g/mol. The van der Waals surface area contributed by atoms with E-state index in [-0.39, 0.29) is 118 Å². The SMILES string of the molecule is CCOCCOCCOCCOCCOCCNC(=O)[C@@H]1CCCCn2cc(nn2)C[C@H](NC(=O)[C@H]2CCCN2C(=O)CC[C@@H](NC(=O)c2ccc(NCc3cnc4nc(N)[nH]c(=O)c4n3)cc2)C(=O)O)C(=O)N[C@H](Cc2cnc[nH]2)C(=O)N[C@H](CO)C(=O)N[C@H](Cc2cnc[nH]2)C(=O)N[C@H]([C@H](C)O)C(=O)N[C@H](C)C(=O)N1. The maximum Gasteiger partial charge on any atom is 0.326 e. The molecule has 0 aliphatic carbocycles. The Morgan fingerprint density at radius 2 is 1.32 bits per heavy atom. The lowest BCUT2D eigenvalue weighted by molar-refractivity contribution is -0.141. The molecule has 8 rings (SSSR count). The smallest absolute Gasteiger partial charge is 0.326 e. The Morgan fingerprint density at radius 1 is 0.696 bits per heavy atom. The summed E-state index contributed by atoms with van der Waals surface area (Å²) in [7, 11) is 0. The zero-order chi connectivity index (χ0) is 80.5. The second kappa shape index (κ2) is 44.4. The molecule has 112 heavy (non-hydrogen) atoms. The minimum Gasteiger partial charge on any atom is -0.480 e. The average Bonchev–Trinajstić information content (AvgIpc) is 1.59. The van der Waals surface area contributed by atoms with Crippen LogP contribution in [-0.2, 0) is 104 Å². The van der Waals surface area contributed by atoms with Crippen molar-refractivity contribution in [2.24, 2.45) is 0 Å². The van der Waals surface area contributed by atoms with E-state index in [1.165, 1.54) is 73.0 Å². The van der Waals surface area contributed by atoms with Crippen molar-refractivity contribution in [2.45, 2.75) is 159 Å². The van der Waals surface area contributed by atoms with Crippen LogP contribution in [0.3, 0.4) is 0 Å². The van der Waals surface area contributed by atoms with Gasteiger partial charge in [-0.3, -0.25) is 62.4 Å². The normalized spacial score (nSPS) is 20.5. The highest BCUT2D eigenvalue weighted by molar-refractivity contribution is 5.99. The number of rotatable bonds is 34. The Balaban J connectivity index is 0.959. The molecule has 608 valence electrons. The van der Waals surface area contributed by atoms with Crippen LogP contribution >= 0.6 is 0 Å². The number of anilines is 2. The number of aliphatic hydroxyl groups excluding tert-OH is 2. The fourth-order valence-corrected chi connectivity index (χ4v) is 11.7. The Hall–Kier alpha value is -11.5. The number of nitrogens with one attached hydrogen (secondary N) is 13. The first-order valence-corrected chi connectivity index (χ1v) is 36.6. The summed E-state index contributed by atoms with van der Waals surface area (Å²) in [5, 5.41) is 66.5. The molecule has 0 spiro atoms. The maximum atomic E-state index is 14.9. The van der Waals surface area contributed by atoms with E-state index < -0.39 is 157 Å². The topological polar surface area (TPSA) is 604 Å². The molecule has 43 heteroatoms. The van der Waals surface area contributed by atoms with Crippen molar-refractivity contribution < 1.29 is 91.7 Å². The first-order valence-electron chi connectivity index (χ1n) is 36.6. The molecular weight excluding hydrogens is 1470 g/mol. The number of amides is 10. The zero-order valence-electron chi connectivity index (χ0n) is 62.1. The Kier molecular flexibility index (Phi) is 34.1.